The molecule has 0 aliphatic carbocycles. The van der Waals surface area contributed by atoms with E-state index in [1.54, 1.807) is 13.0 Å². The predicted molar refractivity (Wildman–Crippen MR) is 72.8 cm³/mol. The van der Waals surface area contributed by atoms with Gasteiger partial charge in [0.2, 0.25) is 0 Å². The van der Waals surface area contributed by atoms with Gasteiger partial charge in [-0.3, -0.25) is 0 Å². The zero-order chi connectivity index (χ0) is 14.8. The molecular weight excluding hydrogens is 268 g/mol. The molecule has 0 amide bonds. The predicted octanol–water partition coefficient (Wildman–Crippen LogP) is 1.54. The Bertz CT molecular complexity index is 508. The molecule has 1 aliphatic heterocycles. The summed E-state index contributed by atoms with van der Waals surface area (Å²) in [6, 6.07) is 0. The normalized spacial score (nSPS) is 16.0. The van der Waals surface area contributed by atoms with Gasteiger partial charge in [0, 0.05) is 12.6 Å². The summed E-state index contributed by atoms with van der Waals surface area (Å²) in [5.41, 5.74) is 0.138. The first-order valence-electron chi connectivity index (χ1n) is 5.68. The summed E-state index contributed by atoms with van der Waals surface area (Å²) in [6.07, 6.45) is 1.40. The Kier molecular flexibility index (Phi) is 4.45. The molecule has 1 aliphatic rings. The summed E-state index contributed by atoms with van der Waals surface area (Å²) in [5.74, 6) is 1.70. The third-order valence-electron chi connectivity index (χ3n) is 2.42. The van der Waals surface area contributed by atoms with Gasteiger partial charge >= 0.3 is 5.97 Å². The van der Waals surface area contributed by atoms with E-state index in [2.05, 4.69) is 5.32 Å². The Labute approximate surface area is 117 Å². The summed E-state index contributed by atoms with van der Waals surface area (Å²) < 4.78 is 4.73. The number of carbonyl (C=O) groups excluding carboxylic acids is 2. The molecule has 0 saturated carbocycles. The number of carbonyl (C=O) groups is 1. The molecule has 6 heteroatoms. The fourth-order valence-corrected chi connectivity index (χ4v) is 1.88. The molecule has 0 unspecified atom stereocenters. The first-order valence-corrected chi connectivity index (χ1v) is 6.06. The number of likely N-dealkylation sites (N-methyl/N-ethyl adjacent to an activating group) is 1. The largest absolute Gasteiger partial charge is 0.465 e. The first kappa shape index (κ1) is 15.3. The maximum atomic E-state index is 11.8. The topological polar surface area (TPSA) is 58.6 Å². The van der Waals surface area contributed by atoms with Crippen LogP contribution in [0.3, 0.4) is 0 Å². The van der Waals surface area contributed by atoms with Crippen molar-refractivity contribution in [2.75, 3.05) is 14.2 Å². The van der Waals surface area contributed by atoms with E-state index in [-0.39, 0.29) is 21.8 Å². The van der Waals surface area contributed by atoms with Crippen LogP contribution in [-0.2, 0) is 14.3 Å². The first-order chi connectivity index (χ1) is 8.71. The molecule has 0 radical (unpaired) electrons. The van der Waals surface area contributed by atoms with Gasteiger partial charge in [-0.05, 0) is 26.8 Å². The van der Waals surface area contributed by atoms with Crippen LogP contribution in [0.1, 0.15) is 20.8 Å². The summed E-state index contributed by atoms with van der Waals surface area (Å²) >= 11 is 5.96. The molecule has 0 saturated heterocycles. The highest BCUT2D eigenvalue weighted by atomic mass is 35.5. The van der Waals surface area contributed by atoms with Crippen molar-refractivity contribution >= 4 is 23.5 Å². The van der Waals surface area contributed by atoms with Crippen LogP contribution in [0.15, 0.2) is 28.2 Å². The van der Waals surface area contributed by atoms with Crippen molar-refractivity contribution in [2.45, 2.75) is 26.3 Å². The van der Waals surface area contributed by atoms with Gasteiger partial charge in [-0.1, -0.05) is 11.6 Å². The Morgan fingerprint density at radius 1 is 1.47 bits per heavy atom. The van der Waals surface area contributed by atoms with Gasteiger partial charge in [-0.2, -0.15) is 0 Å². The van der Waals surface area contributed by atoms with Crippen molar-refractivity contribution in [2.24, 2.45) is 0 Å². The second kappa shape index (κ2) is 5.51. The molecule has 0 aromatic carbocycles. The SMILES string of the molecule is COC(=O)C1=C(NC(C)(C)C)N(C)C(=C=O)C(Cl)=C1. The highest BCUT2D eigenvalue weighted by Gasteiger charge is 2.29. The molecule has 1 rings (SSSR count). The van der Waals surface area contributed by atoms with Gasteiger partial charge in [0.15, 0.2) is 5.94 Å². The van der Waals surface area contributed by atoms with Gasteiger partial charge in [-0.15, -0.1) is 0 Å². The Morgan fingerprint density at radius 3 is 2.47 bits per heavy atom. The highest BCUT2D eigenvalue weighted by Crippen LogP contribution is 2.29. The Morgan fingerprint density at radius 2 is 2.05 bits per heavy atom. The summed E-state index contributed by atoms with van der Waals surface area (Å²) in [4.78, 5) is 24.2. The molecule has 1 heterocycles. The van der Waals surface area contributed by atoms with Gasteiger partial charge in [0.1, 0.15) is 17.1 Å². The molecular formula is C13H17ClN2O3. The lowest BCUT2D eigenvalue weighted by molar-refractivity contribution is -0.135. The number of ether oxygens (including phenoxy) is 1. The second-order valence-corrected chi connectivity index (χ2v) is 5.54. The number of allylic oxidation sites excluding steroid dienone is 1. The monoisotopic (exact) mass is 284 g/mol. The van der Waals surface area contributed by atoms with E-state index < -0.39 is 5.97 Å². The van der Waals surface area contributed by atoms with Crippen LogP contribution >= 0.6 is 11.6 Å². The van der Waals surface area contributed by atoms with E-state index in [1.165, 1.54) is 18.1 Å². The van der Waals surface area contributed by atoms with Crippen molar-refractivity contribution in [1.82, 2.24) is 10.2 Å². The van der Waals surface area contributed by atoms with E-state index in [0.717, 1.165) is 0 Å². The number of nitrogens with one attached hydrogen (secondary N) is 1. The number of hydrogen-bond acceptors (Lipinski definition) is 5. The van der Waals surface area contributed by atoms with Crippen LogP contribution in [0, 0.1) is 0 Å². The van der Waals surface area contributed by atoms with Gasteiger partial charge in [0.05, 0.1) is 12.1 Å². The van der Waals surface area contributed by atoms with Gasteiger partial charge in [-0.25, -0.2) is 9.59 Å². The lowest BCUT2D eigenvalue weighted by Gasteiger charge is -2.34. The van der Waals surface area contributed by atoms with Gasteiger partial charge in [0.25, 0.3) is 0 Å². The van der Waals surface area contributed by atoms with Crippen LogP contribution in [0.25, 0.3) is 0 Å². The van der Waals surface area contributed by atoms with E-state index >= 15 is 0 Å². The average molecular weight is 285 g/mol. The molecule has 104 valence electrons. The van der Waals surface area contributed by atoms with Crippen molar-refractivity contribution in [3.8, 4) is 0 Å². The van der Waals surface area contributed by atoms with Crippen LogP contribution in [0.5, 0.6) is 0 Å². The molecule has 0 aromatic heterocycles. The summed E-state index contributed by atoms with van der Waals surface area (Å²) in [5, 5.41) is 3.31. The molecule has 0 aromatic rings. The van der Waals surface area contributed by atoms with E-state index in [9.17, 15) is 9.59 Å². The van der Waals surface area contributed by atoms with E-state index in [0.29, 0.717) is 5.82 Å². The number of esters is 1. The fraction of sp³-hybridized carbons (Fsp3) is 0.462. The maximum Gasteiger partial charge on any atom is 0.341 e. The van der Waals surface area contributed by atoms with Crippen molar-refractivity contribution < 1.29 is 14.3 Å². The third kappa shape index (κ3) is 3.40. The zero-order valence-electron chi connectivity index (χ0n) is 11.6. The van der Waals surface area contributed by atoms with Gasteiger partial charge < -0.3 is 15.0 Å². The number of methoxy groups -OCH3 is 1. The smallest absolute Gasteiger partial charge is 0.341 e. The summed E-state index contributed by atoms with van der Waals surface area (Å²) in [6.45, 7) is 5.81. The molecule has 19 heavy (non-hydrogen) atoms. The molecule has 1 N–H and O–H groups in total. The molecule has 5 nitrogen and oxygen atoms in total. The van der Waals surface area contributed by atoms with Crippen LogP contribution in [-0.4, -0.2) is 36.5 Å². The van der Waals surface area contributed by atoms with Crippen molar-refractivity contribution in [1.29, 1.82) is 0 Å². The zero-order valence-corrected chi connectivity index (χ0v) is 12.4. The standard InChI is InChI=1S/C13H17ClN2O3/c1-13(2,3)15-11-8(12(18)19-5)6-9(14)10(7-17)16(11)4/h6,15H,1-5H3. The highest BCUT2D eigenvalue weighted by molar-refractivity contribution is 6.33. The summed E-state index contributed by atoms with van der Waals surface area (Å²) in [7, 11) is 2.92. The van der Waals surface area contributed by atoms with E-state index in [1.807, 2.05) is 20.8 Å². The Hall–Kier alpha value is -1.71. The number of nitrogens with zero attached hydrogens (tertiary/aromatic N) is 1. The second-order valence-electron chi connectivity index (χ2n) is 5.13. The van der Waals surface area contributed by atoms with E-state index in [4.69, 9.17) is 16.3 Å². The van der Waals surface area contributed by atoms with Crippen LogP contribution < -0.4 is 5.32 Å². The number of halogens is 1. The Balaban J connectivity index is 3.40. The quantitative estimate of drug-likeness (QED) is 0.616. The maximum absolute atomic E-state index is 11.8. The molecule has 0 atom stereocenters. The minimum Gasteiger partial charge on any atom is -0.465 e. The fourth-order valence-electron chi connectivity index (χ4n) is 1.61. The number of hydrogen-bond donors (Lipinski definition) is 1. The average Bonchev–Trinajstić information content (AvgIpc) is 2.30. The number of rotatable bonds is 2. The van der Waals surface area contributed by atoms with Crippen molar-refractivity contribution in [3.05, 3.63) is 28.2 Å². The lowest BCUT2D eigenvalue weighted by atomic mass is 10.1. The molecule has 0 fully saturated rings. The van der Waals surface area contributed by atoms with Crippen LogP contribution in [0.4, 0.5) is 0 Å². The minimum absolute atomic E-state index is 0.150. The molecule has 0 bridgehead atoms. The lowest BCUT2D eigenvalue weighted by Crippen LogP contribution is -2.43. The molecule has 0 spiro atoms. The minimum atomic E-state index is -0.526. The van der Waals surface area contributed by atoms with Crippen LogP contribution in [0.2, 0.25) is 0 Å². The third-order valence-corrected chi connectivity index (χ3v) is 2.71. The van der Waals surface area contributed by atoms with Crippen molar-refractivity contribution in [3.63, 3.8) is 0 Å².